The van der Waals surface area contributed by atoms with E-state index in [1.165, 1.54) is 6.07 Å². The highest BCUT2D eigenvalue weighted by molar-refractivity contribution is 6.33. The summed E-state index contributed by atoms with van der Waals surface area (Å²) in [7, 11) is 0. The van der Waals surface area contributed by atoms with Gasteiger partial charge in [-0.3, -0.25) is 4.99 Å². The first-order valence-electron chi connectivity index (χ1n) is 8.89. The maximum Gasteiger partial charge on any atom is 0.337 e. The highest BCUT2D eigenvalue weighted by Crippen LogP contribution is 2.25. The van der Waals surface area contributed by atoms with Crippen molar-refractivity contribution >= 4 is 29.5 Å². The Hall–Kier alpha value is -3.05. The van der Waals surface area contributed by atoms with Crippen molar-refractivity contribution in [2.45, 2.75) is 20.8 Å². The normalized spacial score (nSPS) is 11.1. The smallest absolute Gasteiger partial charge is 0.337 e. The summed E-state index contributed by atoms with van der Waals surface area (Å²) in [4.78, 5) is 15.7. The summed E-state index contributed by atoms with van der Waals surface area (Å²) in [6.07, 6.45) is 1.74. The molecule has 0 saturated carbocycles. The highest BCUT2D eigenvalue weighted by Gasteiger charge is 2.11. The maximum atomic E-state index is 11.2. The zero-order valence-electron chi connectivity index (χ0n) is 15.9. The number of aryl methyl sites for hydroxylation is 1. The van der Waals surface area contributed by atoms with E-state index < -0.39 is 5.97 Å². The highest BCUT2D eigenvalue weighted by atomic mass is 35.5. The largest absolute Gasteiger partial charge is 0.494 e. The Bertz CT molecular complexity index is 1040. The van der Waals surface area contributed by atoms with Crippen molar-refractivity contribution in [1.29, 1.82) is 0 Å². The number of carbonyl (C=O) groups is 1. The van der Waals surface area contributed by atoms with Crippen molar-refractivity contribution in [3.8, 4) is 11.4 Å². The van der Waals surface area contributed by atoms with Crippen molar-refractivity contribution < 1.29 is 14.6 Å². The molecule has 3 aromatic rings. The number of aromatic carboxylic acids is 1. The number of hydrogen-bond acceptors (Lipinski definition) is 3. The number of aromatic nitrogens is 1. The Kier molecular flexibility index (Phi) is 5.85. The molecule has 0 amide bonds. The van der Waals surface area contributed by atoms with E-state index in [0.29, 0.717) is 12.3 Å². The number of halogens is 1. The minimum absolute atomic E-state index is 0.0381. The minimum Gasteiger partial charge on any atom is -0.494 e. The second-order valence-corrected chi connectivity index (χ2v) is 6.72. The zero-order chi connectivity index (χ0) is 20.3. The standard InChI is InChI=1S/C22H21ClN2O3/c1-4-28-19-8-6-18(7-9-19)25-14(2)11-16(15(25)3)13-24-17-5-10-21(23)20(12-17)22(26)27/h5-13H,4H2,1-3H3,(H,26,27). The van der Waals surface area contributed by atoms with E-state index in [-0.39, 0.29) is 10.6 Å². The van der Waals surface area contributed by atoms with E-state index in [4.69, 9.17) is 16.3 Å². The number of hydrogen-bond donors (Lipinski definition) is 1. The molecular weight excluding hydrogens is 376 g/mol. The SMILES string of the molecule is CCOc1ccc(-n2c(C)cc(C=Nc3ccc(Cl)c(C(=O)O)c3)c2C)cc1. The Labute approximate surface area is 168 Å². The average molecular weight is 397 g/mol. The number of aliphatic imine (C=N–C) groups is 1. The fourth-order valence-electron chi connectivity index (χ4n) is 3.08. The molecule has 0 aliphatic carbocycles. The third-order valence-corrected chi connectivity index (χ3v) is 4.74. The van der Waals surface area contributed by atoms with Gasteiger partial charge in [0.05, 0.1) is 22.9 Å². The molecule has 3 rings (SSSR count). The van der Waals surface area contributed by atoms with Gasteiger partial charge in [0, 0.05) is 28.9 Å². The van der Waals surface area contributed by atoms with Gasteiger partial charge in [0.15, 0.2) is 0 Å². The third kappa shape index (κ3) is 4.10. The molecule has 2 aromatic carbocycles. The molecule has 144 valence electrons. The van der Waals surface area contributed by atoms with Gasteiger partial charge >= 0.3 is 5.97 Å². The summed E-state index contributed by atoms with van der Waals surface area (Å²) in [6, 6.07) is 14.7. The number of ether oxygens (including phenoxy) is 1. The zero-order valence-corrected chi connectivity index (χ0v) is 16.7. The van der Waals surface area contributed by atoms with E-state index in [2.05, 4.69) is 9.56 Å². The van der Waals surface area contributed by atoms with E-state index >= 15 is 0 Å². The van der Waals surface area contributed by atoms with Crippen molar-refractivity contribution in [2.24, 2.45) is 4.99 Å². The van der Waals surface area contributed by atoms with Gasteiger partial charge in [-0.2, -0.15) is 0 Å². The quantitative estimate of drug-likeness (QED) is 0.552. The van der Waals surface area contributed by atoms with Gasteiger partial charge in [-0.05, 0) is 69.3 Å². The number of benzene rings is 2. The molecule has 0 atom stereocenters. The summed E-state index contributed by atoms with van der Waals surface area (Å²) in [5.74, 6) is -0.233. The van der Waals surface area contributed by atoms with Gasteiger partial charge in [0.1, 0.15) is 5.75 Å². The third-order valence-electron chi connectivity index (χ3n) is 4.41. The predicted molar refractivity (Wildman–Crippen MR) is 112 cm³/mol. The van der Waals surface area contributed by atoms with Gasteiger partial charge < -0.3 is 14.4 Å². The molecular formula is C22H21ClN2O3. The maximum absolute atomic E-state index is 11.2. The molecule has 0 saturated heterocycles. The molecule has 6 heteroatoms. The summed E-state index contributed by atoms with van der Waals surface area (Å²) in [5, 5.41) is 9.38. The van der Waals surface area contributed by atoms with Crippen molar-refractivity contribution in [2.75, 3.05) is 6.61 Å². The Balaban J connectivity index is 1.91. The van der Waals surface area contributed by atoms with Gasteiger partial charge in [0.2, 0.25) is 0 Å². The number of carboxylic acid groups (broad SMARTS) is 1. The molecule has 0 aliphatic rings. The van der Waals surface area contributed by atoms with Crippen LogP contribution in [0.3, 0.4) is 0 Å². The van der Waals surface area contributed by atoms with E-state index in [0.717, 1.165) is 28.4 Å². The first-order valence-corrected chi connectivity index (χ1v) is 9.27. The van der Waals surface area contributed by atoms with Crippen molar-refractivity contribution in [3.05, 3.63) is 76.1 Å². The lowest BCUT2D eigenvalue weighted by atomic mass is 10.2. The van der Waals surface area contributed by atoms with E-state index in [1.807, 2.05) is 51.1 Å². The van der Waals surface area contributed by atoms with Crippen LogP contribution in [0.2, 0.25) is 5.02 Å². The van der Waals surface area contributed by atoms with Crippen molar-refractivity contribution in [3.63, 3.8) is 0 Å². The molecule has 0 fully saturated rings. The van der Waals surface area contributed by atoms with Crippen molar-refractivity contribution in [1.82, 2.24) is 4.57 Å². The molecule has 1 N–H and O–H groups in total. The molecule has 0 aliphatic heterocycles. The van der Waals surface area contributed by atoms with Crippen LogP contribution < -0.4 is 4.74 Å². The lowest BCUT2D eigenvalue weighted by Crippen LogP contribution is -2.00. The van der Waals surface area contributed by atoms with Crippen LogP contribution in [0.4, 0.5) is 5.69 Å². The van der Waals surface area contributed by atoms with Crippen LogP contribution in [0.25, 0.3) is 5.69 Å². The Morgan fingerprint density at radius 1 is 1.18 bits per heavy atom. The summed E-state index contributed by atoms with van der Waals surface area (Å²) >= 11 is 5.91. The lowest BCUT2D eigenvalue weighted by molar-refractivity contribution is 0.0697. The second-order valence-electron chi connectivity index (χ2n) is 6.32. The van der Waals surface area contributed by atoms with Crippen LogP contribution in [-0.4, -0.2) is 28.5 Å². The molecule has 0 bridgehead atoms. The van der Waals surface area contributed by atoms with E-state index in [9.17, 15) is 9.90 Å². The molecule has 1 heterocycles. The van der Waals surface area contributed by atoms with Crippen LogP contribution in [0, 0.1) is 13.8 Å². The fraction of sp³-hybridized carbons (Fsp3) is 0.182. The monoisotopic (exact) mass is 396 g/mol. The first kappa shape index (κ1) is 19.7. The van der Waals surface area contributed by atoms with Crippen LogP contribution in [-0.2, 0) is 0 Å². The summed E-state index contributed by atoms with van der Waals surface area (Å²) < 4.78 is 7.64. The van der Waals surface area contributed by atoms with Crippen LogP contribution >= 0.6 is 11.6 Å². The van der Waals surface area contributed by atoms with E-state index in [1.54, 1.807) is 18.3 Å². The molecule has 0 radical (unpaired) electrons. The summed E-state index contributed by atoms with van der Waals surface area (Å²) in [6.45, 7) is 6.65. The predicted octanol–water partition coefficient (Wildman–Crippen LogP) is 5.60. The Morgan fingerprint density at radius 2 is 1.89 bits per heavy atom. The second kappa shape index (κ2) is 8.31. The van der Waals surface area contributed by atoms with Crippen LogP contribution in [0.15, 0.2) is 53.5 Å². The number of carboxylic acids is 1. The van der Waals surface area contributed by atoms with Gasteiger partial charge in [-0.1, -0.05) is 11.6 Å². The lowest BCUT2D eigenvalue weighted by Gasteiger charge is -2.11. The van der Waals surface area contributed by atoms with Crippen LogP contribution in [0.5, 0.6) is 5.75 Å². The minimum atomic E-state index is -1.07. The molecule has 0 spiro atoms. The van der Waals surface area contributed by atoms with Crippen LogP contribution in [0.1, 0.15) is 34.2 Å². The van der Waals surface area contributed by atoms with Gasteiger partial charge in [-0.15, -0.1) is 0 Å². The molecule has 28 heavy (non-hydrogen) atoms. The van der Waals surface area contributed by atoms with Gasteiger partial charge in [0.25, 0.3) is 0 Å². The number of rotatable bonds is 6. The number of nitrogens with zero attached hydrogens (tertiary/aromatic N) is 2. The fourth-order valence-corrected chi connectivity index (χ4v) is 3.27. The Morgan fingerprint density at radius 3 is 2.54 bits per heavy atom. The molecule has 0 unspecified atom stereocenters. The first-order chi connectivity index (χ1) is 13.4. The molecule has 1 aromatic heterocycles. The topological polar surface area (TPSA) is 63.8 Å². The molecule has 5 nitrogen and oxygen atoms in total. The summed E-state index contributed by atoms with van der Waals surface area (Å²) in [5.41, 5.74) is 4.68. The van der Waals surface area contributed by atoms with Gasteiger partial charge in [-0.25, -0.2) is 4.79 Å². The average Bonchev–Trinajstić information content (AvgIpc) is 2.95.